The van der Waals surface area contributed by atoms with Gasteiger partial charge in [-0.1, -0.05) is 34.6 Å². The highest BCUT2D eigenvalue weighted by Gasteiger charge is 2.40. The third-order valence-corrected chi connectivity index (χ3v) is 8.27. The number of hydrogen-bond acceptors (Lipinski definition) is 4. The van der Waals surface area contributed by atoms with Gasteiger partial charge >= 0.3 is 0 Å². The van der Waals surface area contributed by atoms with E-state index in [1.165, 1.54) is 76.0 Å². The first-order valence-corrected chi connectivity index (χ1v) is 13.7. The molecule has 0 radical (unpaired) electrons. The fourth-order valence-corrected chi connectivity index (χ4v) is 7.31. The predicted octanol–water partition coefficient (Wildman–Crippen LogP) is 6.54. The number of benzene rings is 1. The topological polar surface area (TPSA) is 19.0 Å². The monoisotopic (exact) mass is 455 g/mol. The van der Waals surface area contributed by atoms with Crippen molar-refractivity contribution in [1.29, 1.82) is 0 Å². The van der Waals surface area contributed by atoms with Crippen LogP contribution in [-0.4, -0.2) is 57.8 Å². The van der Waals surface area contributed by atoms with Gasteiger partial charge in [0.05, 0.1) is 12.8 Å². The molecule has 186 valence electrons. The lowest BCUT2D eigenvalue weighted by atomic mass is 9.60. The van der Waals surface area contributed by atoms with Crippen molar-refractivity contribution in [3.63, 3.8) is 0 Å². The molecule has 4 rings (SSSR count). The quantitative estimate of drug-likeness (QED) is 0.485. The third kappa shape index (κ3) is 5.81. The van der Waals surface area contributed by atoms with Gasteiger partial charge in [-0.05, 0) is 79.9 Å². The van der Waals surface area contributed by atoms with Crippen molar-refractivity contribution in [2.24, 2.45) is 10.8 Å². The molecule has 2 heterocycles. The van der Waals surface area contributed by atoms with Crippen LogP contribution in [0.25, 0.3) is 0 Å². The minimum absolute atomic E-state index is 0.384. The Labute approximate surface area is 203 Å². The Morgan fingerprint density at radius 2 is 1.42 bits per heavy atom. The molecule has 0 amide bonds. The molecule has 33 heavy (non-hydrogen) atoms. The molecule has 1 saturated carbocycles. The van der Waals surface area contributed by atoms with Crippen molar-refractivity contribution in [1.82, 2.24) is 4.90 Å². The zero-order valence-electron chi connectivity index (χ0n) is 22.4. The van der Waals surface area contributed by atoms with E-state index in [0.717, 1.165) is 31.9 Å². The molecule has 4 heteroatoms. The van der Waals surface area contributed by atoms with E-state index in [1.54, 1.807) is 5.56 Å². The van der Waals surface area contributed by atoms with Crippen LogP contribution in [0.5, 0.6) is 5.75 Å². The molecule has 1 aromatic carbocycles. The van der Waals surface area contributed by atoms with Crippen molar-refractivity contribution in [2.45, 2.75) is 85.5 Å². The summed E-state index contributed by atoms with van der Waals surface area (Å²) in [7, 11) is 1.86. The lowest BCUT2D eigenvalue weighted by molar-refractivity contribution is 0.0970. The Morgan fingerprint density at radius 3 is 2.00 bits per heavy atom. The maximum atomic E-state index is 6.04. The van der Waals surface area contributed by atoms with Crippen LogP contribution in [-0.2, 0) is 0 Å². The summed E-state index contributed by atoms with van der Waals surface area (Å²) in [5, 5.41) is 0. The first-order valence-electron chi connectivity index (χ1n) is 13.7. The number of ether oxygens (including phenoxy) is 1. The minimum Gasteiger partial charge on any atom is -0.495 e. The van der Waals surface area contributed by atoms with Gasteiger partial charge in [-0.15, -0.1) is 0 Å². The van der Waals surface area contributed by atoms with Crippen LogP contribution >= 0.6 is 0 Å². The second kappa shape index (κ2) is 10.1. The van der Waals surface area contributed by atoms with E-state index in [9.17, 15) is 0 Å². The van der Waals surface area contributed by atoms with E-state index in [1.807, 2.05) is 7.11 Å². The van der Waals surface area contributed by atoms with E-state index in [2.05, 4.69) is 61.5 Å². The van der Waals surface area contributed by atoms with Crippen molar-refractivity contribution in [3.05, 3.63) is 17.7 Å². The first-order chi connectivity index (χ1) is 15.7. The van der Waals surface area contributed by atoms with Crippen LogP contribution < -0.4 is 14.5 Å². The smallest absolute Gasteiger partial charge is 0.144 e. The maximum Gasteiger partial charge on any atom is 0.144 e. The molecular weight excluding hydrogens is 406 g/mol. The van der Waals surface area contributed by atoms with Gasteiger partial charge in [0, 0.05) is 51.0 Å². The van der Waals surface area contributed by atoms with Gasteiger partial charge in [0.2, 0.25) is 0 Å². The highest BCUT2D eigenvalue weighted by molar-refractivity contribution is 5.71. The number of piperazine rings is 1. The van der Waals surface area contributed by atoms with Gasteiger partial charge in [-0.25, -0.2) is 0 Å². The Hall–Kier alpha value is -1.42. The lowest BCUT2D eigenvalue weighted by Crippen LogP contribution is -2.47. The van der Waals surface area contributed by atoms with Gasteiger partial charge in [-0.3, -0.25) is 4.90 Å². The number of methoxy groups -OCH3 is 1. The Kier molecular flexibility index (Phi) is 7.53. The minimum atomic E-state index is 0.384. The van der Waals surface area contributed by atoms with E-state index in [0.29, 0.717) is 16.7 Å². The fourth-order valence-electron chi connectivity index (χ4n) is 7.31. The van der Waals surface area contributed by atoms with Crippen LogP contribution in [0.1, 0.15) is 91.0 Å². The van der Waals surface area contributed by atoms with Gasteiger partial charge < -0.3 is 14.5 Å². The van der Waals surface area contributed by atoms with Crippen molar-refractivity contribution >= 4 is 11.4 Å². The predicted molar refractivity (Wildman–Crippen MR) is 142 cm³/mol. The Balaban J connectivity index is 1.72. The van der Waals surface area contributed by atoms with Gasteiger partial charge in [0.15, 0.2) is 0 Å². The lowest BCUT2D eigenvalue weighted by Gasteiger charge is -2.47. The molecule has 1 aliphatic carbocycles. The standard InChI is InChI=1S/C29H49N3O/c1-7-11-30-14-16-32(17-15-30)25-19-27(33-6)26(31-12-9-8-10-13-31)18-24(25)23-20-28(2,3)22-29(4,5)21-23/h18-19,23H,7-17,20-22H2,1-6H3. The average Bonchev–Trinajstić information content (AvgIpc) is 2.77. The second-order valence-electron chi connectivity index (χ2n) is 12.6. The second-order valence-corrected chi connectivity index (χ2v) is 12.6. The number of nitrogens with zero attached hydrogens (tertiary/aromatic N) is 3. The largest absolute Gasteiger partial charge is 0.495 e. The summed E-state index contributed by atoms with van der Waals surface area (Å²) in [6.07, 6.45) is 9.07. The summed E-state index contributed by atoms with van der Waals surface area (Å²) in [5.74, 6) is 1.68. The van der Waals surface area contributed by atoms with Crippen LogP contribution in [0.4, 0.5) is 11.4 Å². The molecule has 2 aliphatic heterocycles. The normalized spacial score (nSPS) is 24.2. The molecule has 2 saturated heterocycles. The van der Waals surface area contributed by atoms with Crippen LogP contribution in [0, 0.1) is 10.8 Å². The molecular formula is C29H49N3O. The molecule has 0 aromatic heterocycles. The van der Waals surface area contributed by atoms with Gasteiger partial charge in [0.1, 0.15) is 5.75 Å². The Bertz CT molecular complexity index is 772. The van der Waals surface area contributed by atoms with Crippen molar-refractivity contribution in [3.8, 4) is 5.75 Å². The van der Waals surface area contributed by atoms with Crippen molar-refractivity contribution in [2.75, 3.05) is 62.7 Å². The van der Waals surface area contributed by atoms with E-state index < -0.39 is 0 Å². The summed E-state index contributed by atoms with van der Waals surface area (Å²) in [6, 6.07) is 4.96. The number of rotatable bonds is 6. The first kappa shape index (κ1) is 24.7. The highest BCUT2D eigenvalue weighted by Crippen LogP contribution is 2.54. The highest BCUT2D eigenvalue weighted by atomic mass is 16.5. The molecule has 0 bridgehead atoms. The molecule has 0 N–H and O–H groups in total. The zero-order valence-corrected chi connectivity index (χ0v) is 22.4. The zero-order chi connectivity index (χ0) is 23.6. The van der Waals surface area contributed by atoms with Crippen LogP contribution in [0.2, 0.25) is 0 Å². The fraction of sp³-hybridized carbons (Fsp3) is 0.793. The van der Waals surface area contributed by atoms with Crippen molar-refractivity contribution < 1.29 is 4.74 Å². The summed E-state index contributed by atoms with van der Waals surface area (Å²) in [4.78, 5) is 7.88. The van der Waals surface area contributed by atoms with E-state index in [4.69, 9.17) is 4.74 Å². The molecule has 1 aromatic rings. The van der Waals surface area contributed by atoms with Gasteiger partial charge in [0.25, 0.3) is 0 Å². The van der Waals surface area contributed by atoms with Gasteiger partial charge in [-0.2, -0.15) is 0 Å². The average molecular weight is 456 g/mol. The summed E-state index contributed by atoms with van der Waals surface area (Å²) in [5.41, 5.74) is 5.13. The SMILES string of the molecule is CCCN1CCN(c2cc(OC)c(N3CCCCC3)cc2C2CC(C)(C)CC(C)(C)C2)CC1. The maximum absolute atomic E-state index is 6.04. The summed E-state index contributed by atoms with van der Waals surface area (Å²) >= 11 is 0. The Morgan fingerprint density at radius 1 is 0.818 bits per heavy atom. The molecule has 4 nitrogen and oxygen atoms in total. The molecule has 3 aliphatic rings. The van der Waals surface area contributed by atoms with Crippen LogP contribution in [0.15, 0.2) is 12.1 Å². The third-order valence-electron chi connectivity index (χ3n) is 8.27. The summed E-state index contributed by atoms with van der Waals surface area (Å²) in [6.45, 7) is 20.4. The molecule has 0 unspecified atom stereocenters. The number of anilines is 2. The van der Waals surface area contributed by atoms with E-state index >= 15 is 0 Å². The van der Waals surface area contributed by atoms with Crippen LogP contribution in [0.3, 0.4) is 0 Å². The number of piperidine rings is 1. The molecule has 0 atom stereocenters. The molecule has 3 fully saturated rings. The summed E-state index contributed by atoms with van der Waals surface area (Å²) < 4.78 is 6.04. The van der Waals surface area contributed by atoms with E-state index in [-0.39, 0.29) is 0 Å². The molecule has 0 spiro atoms. The number of hydrogen-bond donors (Lipinski definition) is 0.